The van der Waals surface area contributed by atoms with E-state index in [-0.39, 0.29) is 21.6 Å². The molecule has 2 aliphatic heterocycles. The maximum absolute atomic E-state index is 13.9. The minimum absolute atomic E-state index is 0.0650. The molecule has 0 aromatic heterocycles. The van der Waals surface area contributed by atoms with Crippen LogP contribution in [0, 0.1) is 5.82 Å². The number of thiocarbonyl (C=S) groups is 1. The summed E-state index contributed by atoms with van der Waals surface area (Å²) in [4.78, 5) is 26.3. The summed E-state index contributed by atoms with van der Waals surface area (Å²) in [7, 11) is 0. The number of carbonyl (C=O) groups excluding carboxylic acids is 2. The monoisotopic (exact) mass is 387 g/mol. The highest BCUT2D eigenvalue weighted by molar-refractivity contribution is 8.26. The number of halogens is 1. The van der Waals surface area contributed by atoms with Gasteiger partial charge in [0.05, 0.1) is 10.5 Å². The summed E-state index contributed by atoms with van der Waals surface area (Å²) in [6, 6.07) is 10.7. The largest absolute Gasteiger partial charge is 0.454 e. The van der Waals surface area contributed by atoms with Gasteiger partial charge in [0.2, 0.25) is 6.79 Å². The normalized spacial score (nSPS) is 17.3. The highest BCUT2D eigenvalue weighted by Gasteiger charge is 2.38. The predicted molar refractivity (Wildman–Crippen MR) is 98.3 cm³/mol. The molecule has 2 aromatic rings. The van der Waals surface area contributed by atoms with Crippen LogP contribution in [0.4, 0.5) is 4.39 Å². The summed E-state index contributed by atoms with van der Waals surface area (Å²) in [5.41, 5.74) is 0.501. The molecule has 0 unspecified atom stereocenters. The van der Waals surface area contributed by atoms with Gasteiger partial charge in [-0.25, -0.2) is 9.29 Å². The molecule has 8 heteroatoms. The fraction of sp³-hybridized carbons (Fsp3) is 0.0556. The summed E-state index contributed by atoms with van der Waals surface area (Å²) < 4.78 is 24.5. The first-order chi connectivity index (χ1) is 12.5. The number of amides is 2. The molecule has 0 N–H and O–H groups in total. The van der Waals surface area contributed by atoms with Gasteiger partial charge in [-0.2, -0.15) is 0 Å². The number of fused-ring (bicyclic) bond motifs is 1. The van der Waals surface area contributed by atoms with Crippen LogP contribution in [0.2, 0.25) is 0 Å². The number of nitrogens with zero attached hydrogens (tertiary/aromatic N) is 1. The van der Waals surface area contributed by atoms with Crippen LogP contribution in [0.3, 0.4) is 0 Å². The lowest BCUT2D eigenvalue weighted by molar-refractivity contribution is -0.120. The molecule has 4 rings (SSSR count). The standard InChI is InChI=1S/C18H10FNO4S2/c19-12-4-2-1-3-11(12)16(21)20-17(22)15(26-18(20)25)8-10-5-6-13-14(7-10)24-9-23-13/h1-8H,9H2/b15-8+. The van der Waals surface area contributed by atoms with Crippen molar-refractivity contribution in [3.05, 3.63) is 64.3 Å². The van der Waals surface area contributed by atoms with Crippen molar-refractivity contribution in [2.24, 2.45) is 0 Å². The van der Waals surface area contributed by atoms with Gasteiger partial charge in [-0.3, -0.25) is 9.59 Å². The van der Waals surface area contributed by atoms with Crippen LogP contribution in [0.15, 0.2) is 47.4 Å². The van der Waals surface area contributed by atoms with Crippen molar-refractivity contribution >= 4 is 46.2 Å². The van der Waals surface area contributed by atoms with Gasteiger partial charge in [-0.15, -0.1) is 0 Å². The Morgan fingerprint density at radius 1 is 1.19 bits per heavy atom. The lowest BCUT2D eigenvalue weighted by Gasteiger charge is -2.12. The van der Waals surface area contributed by atoms with E-state index >= 15 is 0 Å². The molecule has 26 heavy (non-hydrogen) atoms. The van der Waals surface area contributed by atoms with Gasteiger partial charge in [0.1, 0.15) is 5.82 Å². The van der Waals surface area contributed by atoms with Crippen LogP contribution in [0.5, 0.6) is 11.5 Å². The molecule has 5 nitrogen and oxygen atoms in total. The van der Waals surface area contributed by atoms with Gasteiger partial charge >= 0.3 is 0 Å². The van der Waals surface area contributed by atoms with Crippen molar-refractivity contribution in [1.29, 1.82) is 0 Å². The van der Waals surface area contributed by atoms with Crippen LogP contribution in [-0.4, -0.2) is 27.8 Å². The van der Waals surface area contributed by atoms with Crippen molar-refractivity contribution in [3.8, 4) is 11.5 Å². The molecule has 1 saturated heterocycles. The second-order valence-corrected chi connectivity index (χ2v) is 7.09. The summed E-state index contributed by atoms with van der Waals surface area (Å²) >= 11 is 6.14. The number of rotatable bonds is 2. The number of ether oxygens (including phenoxy) is 2. The zero-order valence-corrected chi connectivity index (χ0v) is 14.7. The van der Waals surface area contributed by atoms with Gasteiger partial charge in [0.25, 0.3) is 11.8 Å². The van der Waals surface area contributed by atoms with Crippen molar-refractivity contribution in [3.63, 3.8) is 0 Å². The molecule has 0 aliphatic carbocycles. The molecule has 0 atom stereocenters. The smallest absolute Gasteiger partial charge is 0.273 e. The lowest BCUT2D eigenvalue weighted by atomic mass is 10.1. The number of hydrogen-bond donors (Lipinski definition) is 0. The van der Waals surface area contributed by atoms with Crippen LogP contribution in [-0.2, 0) is 4.79 Å². The Hall–Kier alpha value is -2.71. The Bertz CT molecular complexity index is 989. The number of carbonyl (C=O) groups is 2. The van der Waals surface area contributed by atoms with Crippen molar-refractivity contribution in [2.45, 2.75) is 0 Å². The fourth-order valence-corrected chi connectivity index (χ4v) is 3.81. The van der Waals surface area contributed by atoms with Crippen LogP contribution >= 0.6 is 24.0 Å². The van der Waals surface area contributed by atoms with E-state index in [1.807, 2.05) is 0 Å². The number of imide groups is 1. The van der Waals surface area contributed by atoms with Crippen molar-refractivity contribution in [1.82, 2.24) is 4.90 Å². The molecule has 1 fully saturated rings. The molecule has 2 amide bonds. The van der Waals surface area contributed by atoms with E-state index in [0.717, 1.165) is 22.7 Å². The summed E-state index contributed by atoms with van der Waals surface area (Å²) in [5.74, 6) is -0.849. The summed E-state index contributed by atoms with van der Waals surface area (Å²) in [6.45, 7) is 0.151. The predicted octanol–water partition coefficient (Wildman–Crippen LogP) is 3.60. The Balaban J connectivity index is 1.63. The molecule has 0 saturated carbocycles. The van der Waals surface area contributed by atoms with E-state index in [0.29, 0.717) is 17.1 Å². The molecule has 0 spiro atoms. The molecular weight excluding hydrogens is 377 g/mol. The van der Waals surface area contributed by atoms with Gasteiger partial charge < -0.3 is 9.47 Å². The van der Waals surface area contributed by atoms with Gasteiger partial charge in [-0.1, -0.05) is 42.2 Å². The van der Waals surface area contributed by atoms with Crippen molar-refractivity contribution in [2.75, 3.05) is 6.79 Å². The fourth-order valence-electron chi connectivity index (χ4n) is 2.55. The van der Waals surface area contributed by atoms with Crippen molar-refractivity contribution < 1.29 is 23.5 Å². The Kier molecular flexibility index (Phi) is 4.21. The van der Waals surface area contributed by atoms with E-state index in [2.05, 4.69) is 0 Å². The molecule has 0 radical (unpaired) electrons. The molecule has 0 bridgehead atoms. The van der Waals surface area contributed by atoms with E-state index < -0.39 is 17.6 Å². The zero-order chi connectivity index (χ0) is 18.3. The topological polar surface area (TPSA) is 55.8 Å². The minimum atomic E-state index is -0.778. The number of thioether (sulfide) groups is 1. The van der Waals surface area contributed by atoms with E-state index in [4.69, 9.17) is 21.7 Å². The summed E-state index contributed by atoms with van der Waals surface area (Å²) in [5, 5.41) is 0. The first-order valence-corrected chi connectivity index (χ1v) is 8.73. The molecule has 130 valence electrons. The molecule has 2 aliphatic rings. The van der Waals surface area contributed by atoms with E-state index in [9.17, 15) is 14.0 Å². The third kappa shape index (κ3) is 2.87. The maximum atomic E-state index is 13.9. The summed E-state index contributed by atoms with van der Waals surface area (Å²) in [6.07, 6.45) is 1.61. The second-order valence-electron chi connectivity index (χ2n) is 5.41. The minimum Gasteiger partial charge on any atom is -0.454 e. The molecule has 2 heterocycles. The van der Waals surface area contributed by atoms with Gasteiger partial charge in [0, 0.05) is 0 Å². The first-order valence-electron chi connectivity index (χ1n) is 7.51. The maximum Gasteiger partial charge on any atom is 0.273 e. The third-order valence-electron chi connectivity index (χ3n) is 3.80. The third-order valence-corrected chi connectivity index (χ3v) is 5.10. The number of benzene rings is 2. The Morgan fingerprint density at radius 3 is 2.77 bits per heavy atom. The highest BCUT2D eigenvalue weighted by atomic mass is 32.2. The van der Waals surface area contributed by atoms with Crippen LogP contribution in [0.25, 0.3) is 6.08 Å². The highest BCUT2D eigenvalue weighted by Crippen LogP contribution is 2.37. The first kappa shape index (κ1) is 16.7. The van der Waals surface area contributed by atoms with E-state index in [1.54, 1.807) is 24.3 Å². The van der Waals surface area contributed by atoms with Crippen LogP contribution in [0.1, 0.15) is 15.9 Å². The van der Waals surface area contributed by atoms with Crippen LogP contribution < -0.4 is 9.47 Å². The molecular formula is C18H10FNO4S2. The quantitative estimate of drug-likeness (QED) is 0.446. The average Bonchev–Trinajstić information content (AvgIpc) is 3.19. The van der Waals surface area contributed by atoms with Gasteiger partial charge in [0.15, 0.2) is 15.8 Å². The Morgan fingerprint density at radius 2 is 1.96 bits per heavy atom. The molecule has 2 aromatic carbocycles. The number of hydrogen-bond acceptors (Lipinski definition) is 6. The SMILES string of the molecule is O=C1/C(=C\c2ccc3c(c2)OCO3)SC(=S)N1C(=O)c1ccccc1F. The second kappa shape index (κ2) is 6.54. The Labute approximate surface area is 157 Å². The average molecular weight is 387 g/mol. The lowest BCUT2D eigenvalue weighted by Crippen LogP contribution is -2.35. The van der Waals surface area contributed by atoms with Gasteiger partial charge in [-0.05, 0) is 35.9 Å². The van der Waals surface area contributed by atoms with E-state index in [1.165, 1.54) is 18.2 Å². The zero-order valence-electron chi connectivity index (χ0n) is 13.1.